The molecule has 3 N–H and O–H groups in total. The van der Waals surface area contributed by atoms with Gasteiger partial charge in [0.1, 0.15) is 0 Å². The van der Waals surface area contributed by atoms with Crippen LogP contribution in [0.2, 0.25) is 0 Å². The summed E-state index contributed by atoms with van der Waals surface area (Å²) < 4.78 is 25.9. The van der Waals surface area contributed by atoms with Crippen LogP contribution in [0.5, 0.6) is 0 Å². The Morgan fingerprint density at radius 1 is 1.12 bits per heavy atom. The first-order chi connectivity index (χ1) is 15.2. The number of aromatic nitrogens is 1. The van der Waals surface area contributed by atoms with Gasteiger partial charge in [-0.3, -0.25) is 9.59 Å². The molecule has 4 rings (SSSR count). The number of sulfone groups is 1. The van der Waals surface area contributed by atoms with Crippen molar-refractivity contribution in [2.24, 2.45) is 0 Å². The fourth-order valence-electron chi connectivity index (χ4n) is 3.73. The molecule has 2 heterocycles. The number of aromatic amines is 1. The van der Waals surface area contributed by atoms with Crippen molar-refractivity contribution in [1.82, 2.24) is 4.98 Å². The third-order valence-electron chi connectivity index (χ3n) is 5.52. The maximum atomic E-state index is 13.0. The Bertz CT molecular complexity index is 1340. The Kier molecular flexibility index (Phi) is 5.71. The fraction of sp³-hybridized carbons (Fsp3) is 0.167. The number of fused-ring (bicyclic) bond motifs is 1. The number of hydrogen-bond acceptors (Lipinski definition) is 4. The number of nitrogens with one attached hydrogen (secondary N) is 2. The maximum absolute atomic E-state index is 13.0. The third kappa shape index (κ3) is 4.36. The average Bonchev–Trinajstić information content (AvgIpc) is 3.26. The Morgan fingerprint density at radius 3 is 2.59 bits per heavy atom. The topological polar surface area (TPSA) is 116 Å². The number of carboxylic acid groups (broad SMARTS) is 1. The summed E-state index contributed by atoms with van der Waals surface area (Å²) in [6, 6.07) is 13.6. The molecule has 0 saturated carbocycles. The van der Waals surface area contributed by atoms with E-state index in [4.69, 9.17) is 5.11 Å². The molecule has 2 aromatic carbocycles. The maximum Gasteiger partial charge on any atom is 0.303 e. The number of amides is 1. The molecule has 1 amide bonds. The highest BCUT2D eigenvalue weighted by Crippen LogP contribution is 2.36. The van der Waals surface area contributed by atoms with E-state index in [1.807, 2.05) is 13.0 Å². The first kappa shape index (κ1) is 21.6. The Labute approximate surface area is 185 Å². The van der Waals surface area contributed by atoms with Crippen LogP contribution in [0.4, 0.5) is 5.69 Å². The van der Waals surface area contributed by atoms with Crippen molar-refractivity contribution >= 4 is 39.1 Å². The van der Waals surface area contributed by atoms with E-state index in [1.54, 1.807) is 42.6 Å². The molecule has 1 aliphatic rings. The lowest BCUT2D eigenvalue weighted by Gasteiger charge is -2.07. The van der Waals surface area contributed by atoms with Crippen molar-refractivity contribution in [2.75, 3.05) is 5.32 Å². The molecule has 0 atom stereocenters. The van der Waals surface area contributed by atoms with E-state index in [0.717, 1.165) is 11.1 Å². The minimum atomic E-state index is -3.60. The van der Waals surface area contributed by atoms with Gasteiger partial charge in [-0.05, 0) is 54.3 Å². The van der Waals surface area contributed by atoms with Crippen LogP contribution in [0.25, 0.3) is 11.6 Å². The van der Waals surface area contributed by atoms with Crippen molar-refractivity contribution in [1.29, 1.82) is 0 Å². The monoisotopic (exact) mass is 450 g/mol. The first-order valence-corrected chi connectivity index (χ1v) is 11.7. The fourth-order valence-corrected chi connectivity index (χ4v) is 5.10. The van der Waals surface area contributed by atoms with Crippen LogP contribution >= 0.6 is 0 Å². The summed E-state index contributed by atoms with van der Waals surface area (Å²) in [5.41, 5.74) is 4.51. The van der Waals surface area contributed by atoms with E-state index in [9.17, 15) is 18.0 Å². The molecule has 1 aliphatic heterocycles. The minimum Gasteiger partial charge on any atom is -0.481 e. The normalized spacial score (nSPS) is 14.4. The van der Waals surface area contributed by atoms with Crippen molar-refractivity contribution in [2.45, 2.75) is 30.4 Å². The number of hydrogen-bond donors (Lipinski definition) is 3. The number of carbonyl (C=O) groups is 2. The van der Waals surface area contributed by atoms with Crippen molar-refractivity contribution in [3.05, 3.63) is 82.7 Å². The lowest BCUT2D eigenvalue weighted by atomic mass is 10.0. The van der Waals surface area contributed by atoms with Gasteiger partial charge in [-0.15, -0.1) is 0 Å². The van der Waals surface area contributed by atoms with Gasteiger partial charge >= 0.3 is 5.97 Å². The standard InChI is InChI=1S/C24H22N2O5S/c1-15-17(7-10-23(27)28)13-25-22(15)12-20-19-11-18(8-9-21(19)26-24(20)29)32(30,31)14-16-5-3-2-4-6-16/h2-6,8-9,11-13,25H,7,10,14H2,1H3,(H,26,29)(H,27,28)/b20-12-. The number of H-pyrrole nitrogens is 1. The van der Waals surface area contributed by atoms with Crippen LogP contribution < -0.4 is 5.32 Å². The Morgan fingerprint density at radius 2 is 1.88 bits per heavy atom. The van der Waals surface area contributed by atoms with Crippen molar-refractivity contribution < 1.29 is 23.1 Å². The molecule has 7 nitrogen and oxygen atoms in total. The van der Waals surface area contributed by atoms with Gasteiger partial charge in [0.15, 0.2) is 9.84 Å². The van der Waals surface area contributed by atoms with Gasteiger partial charge in [0, 0.05) is 29.6 Å². The predicted molar refractivity (Wildman–Crippen MR) is 122 cm³/mol. The van der Waals surface area contributed by atoms with Gasteiger partial charge < -0.3 is 15.4 Å². The zero-order valence-corrected chi connectivity index (χ0v) is 18.2. The van der Waals surface area contributed by atoms with Gasteiger partial charge in [-0.25, -0.2) is 8.42 Å². The molecule has 0 saturated heterocycles. The van der Waals surface area contributed by atoms with E-state index in [-0.39, 0.29) is 23.0 Å². The quantitative estimate of drug-likeness (QED) is 0.474. The molecule has 0 aliphatic carbocycles. The zero-order chi connectivity index (χ0) is 22.9. The lowest BCUT2D eigenvalue weighted by Crippen LogP contribution is -2.05. The molecular weight excluding hydrogens is 428 g/mol. The highest BCUT2D eigenvalue weighted by molar-refractivity contribution is 7.90. The smallest absolute Gasteiger partial charge is 0.303 e. The summed E-state index contributed by atoms with van der Waals surface area (Å²) in [6.45, 7) is 1.86. The summed E-state index contributed by atoms with van der Waals surface area (Å²) >= 11 is 0. The van der Waals surface area contributed by atoms with Crippen molar-refractivity contribution in [3.8, 4) is 0 Å². The second-order valence-corrected chi connectivity index (χ2v) is 9.70. The number of benzene rings is 2. The van der Waals surface area contributed by atoms with Crippen LogP contribution in [0, 0.1) is 6.92 Å². The lowest BCUT2D eigenvalue weighted by molar-refractivity contribution is -0.137. The number of rotatable bonds is 7. The molecule has 1 aromatic heterocycles. The van der Waals surface area contributed by atoms with Crippen LogP contribution in [-0.4, -0.2) is 30.4 Å². The van der Waals surface area contributed by atoms with E-state index >= 15 is 0 Å². The molecule has 3 aromatic rings. The molecule has 0 spiro atoms. The number of aryl methyl sites for hydroxylation is 1. The molecule has 8 heteroatoms. The van der Waals surface area contributed by atoms with Gasteiger partial charge in [0.25, 0.3) is 5.91 Å². The largest absolute Gasteiger partial charge is 0.481 e. The molecule has 0 radical (unpaired) electrons. The van der Waals surface area contributed by atoms with E-state index < -0.39 is 15.8 Å². The SMILES string of the molecule is Cc1c(CCC(=O)O)c[nH]c1/C=C1\C(=O)Nc2ccc(S(=O)(=O)Cc3ccccc3)cc21. The average molecular weight is 451 g/mol. The highest BCUT2D eigenvalue weighted by Gasteiger charge is 2.27. The number of aliphatic carboxylic acids is 1. The number of carboxylic acids is 1. The van der Waals surface area contributed by atoms with Crippen LogP contribution in [0.1, 0.15) is 34.4 Å². The van der Waals surface area contributed by atoms with E-state index in [2.05, 4.69) is 10.3 Å². The summed E-state index contributed by atoms with van der Waals surface area (Å²) in [7, 11) is -3.60. The Balaban J connectivity index is 1.67. The molecule has 32 heavy (non-hydrogen) atoms. The van der Waals surface area contributed by atoms with E-state index in [0.29, 0.717) is 34.5 Å². The van der Waals surface area contributed by atoms with Crippen LogP contribution in [-0.2, 0) is 31.6 Å². The van der Waals surface area contributed by atoms with Crippen LogP contribution in [0.3, 0.4) is 0 Å². The Hall–Kier alpha value is -3.65. The molecular formula is C24H22N2O5S. The number of anilines is 1. The molecule has 0 fully saturated rings. The molecule has 0 unspecified atom stereocenters. The van der Waals surface area contributed by atoms with Gasteiger partial charge in [0.2, 0.25) is 0 Å². The van der Waals surface area contributed by atoms with Gasteiger partial charge in [-0.2, -0.15) is 0 Å². The summed E-state index contributed by atoms with van der Waals surface area (Å²) in [5.74, 6) is -1.33. The zero-order valence-electron chi connectivity index (χ0n) is 17.4. The van der Waals surface area contributed by atoms with Gasteiger partial charge in [0.05, 0.1) is 16.2 Å². The molecule has 0 bridgehead atoms. The second-order valence-electron chi connectivity index (χ2n) is 7.71. The minimum absolute atomic E-state index is 0.0145. The third-order valence-corrected chi connectivity index (χ3v) is 7.20. The summed E-state index contributed by atoms with van der Waals surface area (Å²) in [6.07, 6.45) is 3.81. The second kappa shape index (κ2) is 8.47. The van der Waals surface area contributed by atoms with Crippen molar-refractivity contribution in [3.63, 3.8) is 0 Å². The highest BCUT2D eigenvalue weighted by atomic mass is 32.2. The van der Waals surface area contributed by atoms with Crippen LogP contribution in [0.15, 0.2) is 59.6 Å². The summed E-state index contributed by atoms with van der Waals surface area (Å²) in [5, 5.41) is 11.7. The number of carbonyl (C=O) groups excluding carboxylic acids is 1. The van der Waals surface area contributed by atoms with E-state index in [1.165, 1.54) is 12.1 Å². The van der Waals surface area contributed by atoms with Gasteiger partial charge in [-0.1, -0.05) is 30.3 Å². The first-order valence-electron chi connectivity index (χ1n) is 10.1. The predicted octanol–water partition coefficient (Wildman–Crippen LogP) is 3.81. The molecule has 164 valence electrons. The summed E-state index contributed by atoms with van der Waals surface area (Å²) in [4.78, 5) is 26.7.